The van der Waals surface area contributed by atoms with Gasteiger partial charge in [0, 0.05) is 41.4 Å². The number of benzene rings is 2. The summed E-state index contributed by atoms with van der Waals surface area (Å²) >= 11 is 0. The Labute approximate surface area is 231 Å². The monoisotopic (exact) mass is 500 g/mol. The number of carboxylic acid groups (broad SMARTS) is 1. The number of aliphatic hydroxyl groups is 2. The number of aliphatic hydroxyl groups excluding tert-OH is 2. The predicted octanol–water partition coefficient (Wildman–Crippen LogP) is 0.105. The number of hydrogen-bond acceptors (Lipinski definition) is 7. The van der Waals surface area contributed by atoms with Crippen LogP contribution >= 0.6 is 0 Å². The summed E-state index contributed by atoms with van der Waals surface area (Å²) in [6.45, 7) is 0. The third-order valence-electron chi connectivity index (χ3n) is 5.81. The zero-order valence-corrected chi connectivity index (χ0v) is 22.2. The average molecular weight is 501 g/mol. The summed E-state index contributed by atoms with van der Waals surface area (Å²) in [6, 6.07) is 13.4. The van der Waals surface area contributed by atoms with Crippen LogP contribution in [0.3, 0.4) is 0 Å². The summed E-state index contributed by atoms with van der Waals surface area (Å²) in [7, 11) is 1.59. The van der Waals surface area contributed by atoms with E-state index in [0.29, 0.717) is 28.4 Å². The number of ether oxygens (including phenoxy) is 1. The number of hydrogen-bond donors (Lipinski definition) is 2. The van der Waals surface area contributed by atoms with Crippen molar-refractivity contribution in [2.24, 2.45) is 0 Å². The second-order valence-corrected chi connectivity index (χ2v) is 8.60. The van der Waals surface area contributed by atoms with Crippen molar-refractivity contribution in [3.05, 3.63) is 71.7 Å². The van der Waals surface area contributed by atoms with Gasteiger partial charge in [-0.2, -0.15) is 0 Å². The summed E-state index contributed by atoms with van der Waals surface area (Å²) in [4.78, 5) is 20.3. The Kier molecular flexibility index (Phi) is 9.76. The standard InChI is InChI=1S/C27H27FN2O5.Na/c1-35-22-11-6-18(7-12-22)27-29-25(16-2-3-16)23(13-10-20(31)14-21(32)15-24(33)34)26(30-27)17-4-8-19(28)9-5-17;/h4-13,16,20-21,31-32H,2-3,14-15H2,1H3,(H,33,34);/q;+1/p-1/b13-10+;. The van der Waals surface area contributed by atoms with Crippen molar-refractivity contribution in [2.75, 3.05) is 7.11 Å². The number of aromatic nitrogens is 2. The number of aliphatic carboxylic acids is 1. The van der Waals surface area contributed by atoms with E-state index in [1.807, 2.05) is 24.3 Å². The quantitative estimate of drug-likeness (QED) is 0.380. The van der Waals surface area contributed by atoms with Crippen molar-refractivity contribution in [3.8, 4) is 28.4 Å². The maximum Gasteiger partial charge on any atom is 1.00 e. The number of nitrogens with zero attached hydrogens (tertiary/aromatic N) is 2. The molecule has 2 aromatic carbocycles. The molecule has 1 aromatic heterocycles. The zero-order chi connectivity index (χ0) is 24.9. The Hall–Kier alpha value is -2.62. The largest absolute Gasteiger partial charge is 1.00 e. The fourth-order valence-corrected chi connectivity index (χ4v) is 3.86. The molecular formula is C27H26FN2NaO5. The van der Waals surface area contributed by atoms with E-state index in [-0.39, 0.29) is 47.7 Å². The predicted molar refractivity (Wildman–Crippen MR) is 127 cm³/mol. The van der Waals surface area contributed by atoms with Crippen LogP contribution in [0.25, 0.3) is 28.7 Å². The van der Waals surface area contributed by atoms with E-state index in [1.54, 1.807) is 25.3 Å². The van der Waals surface area contributed by atoms with E-state index in [2.05, 4.69) is 0 Å². The Morgan fingerprint density at radius 2 is 1.75 bits per heavy atom. The SMILES string of the molecule is COc1ccc(-c2nc(-c3ccc(F)cc3)c(/C=C/C(O)CC(O)CC(=O)[O-])c(C3CC3)n2)cc1.[Na+]. The number of carbonyl (C=O) groups is 1. The molecule has 7 nitrogen and oxygen atoms in total. The van der Waals surface area contributed by atoms with E-state index in [1.165, 1.54) is 18.2 Å². The van der Waals surface area contributed by atoms with Gasteiger partial charge in [-0.1, -0.05) is 12.2 Å². The molecule has 2 atom stereocenters. The summed E-state index contributed by atoms with van der Waals surface area (Å²) in [6.07, 6.45) is 2.10. The van der Waals surface area contributed by atoms with Crippen LogP contribution in [0.15, 0.2) is 54.6 Å². The third kappa shape index (κ3) is 7.21. The van der Waals surface area contributed by atoms with Gasteiger partial charge in [0.1, 0.15) is 11.6 Å². The minimum Gasteiger partial charge on any atom is -0.550 e. The molecule has 1 aliphatic rings. The van der Waals surface area contributed by atoms with Crippen molar-refractivity contribution in [1.29, 1.82) is 0 Å². The smallest absolute Gasteiger partial charge is 0.550 e. The van der Waals surface area contributed by atoms with Crippen LogP contribution in [0.5, 0.6) is 5.75 Å². The first-order chi connectivity index (χ1) is 16.8. The zero-order valence-electron chi connectivity index (χ0n) is 20.2. The van der Waals surface area contributed by atoms with Crippen LogP contribution in [0.4, 0.5) is 4.39 Å². The maximum atomic E-state index is 13.6. The fraction of sp³-hybridized carbons (Fsp3) is 0.296. The molecule has 36 heavy (non-hydrogen) atoms. The van der Waals surface area contributed by atoms with E-state index in [9.17, 15) is 24.5 Å². The molecule has 9 heteroatoms. The second kappa shape index (κ2) is 12.6. The van der Waals surface area contributed by atoms with Gasteiger partial charge >= 0.3 is 29.6 Å². The molecular weight excluding hydrogens is 474 g/mol. The van der Waals surface area contributed by atoms with Crippen molar-refractivity contribution < 1.29 is 58.8 Å². The van der Waals surface area contributed by atoms with E-state index in [0.717, 1.165) is 24.1 Å². The summed E-state index contributed by atoms with van der Waals surface area (Å²) in [5.74, 6) is -0.282. The summed E-state index contributed by atoms with van der Waals surface area (Å²) < 4.78 is 18.9. The Balaban J connectivity index is 0.00000361. The molecule has 0 radical (unpaired) electrons. The normalized spacial score (nSPS) is 14.8. The van der Waals surface area contributed by atoms with Crippen LogP contribution in [-0.4, -0.2) is 45.5 Å². The third-order valence-corrected chi connectivity index (χ3v) is 5.81. The van der Waals surface area contributed by atoms with Crippen LogP contribution in [0.2, 0.25) is 0 Å². The number of methoxy groups -OCH3 is 1. The van der Waals surface area contributed by atoms with Gasteiger partial charge in [-0.15, -0.1) is 0 Å². The van der Waals surface area contributed by atoms with Crippen LogP contribution in [0.1, 0.15) is 42.9 Å². The molecule has 0 spiro atoms. The number of carboxylic acids is 1. The Bertz CT molecular complexity index is 1210. The first-order valence-electron chi connectivity index (χ1n) is 11.4. The molecule has 1 fully saturated rings. The van der Waals surface area contributed by atoms with E-state index < -0.39 is 24.6 Å². The summed E-state index contributed by atoms with van der Waals surface area (Å²) in [5, 5.41) is 30.9. The van der Waals surface area contributed by atoms with Crippen molar-refractivity contribution in [2.45, 2.75) is 43.8 Å². The molecule has 1 heterocycles. The molecule has 0 saturated heterocycles. The molecule has 3 aromatic rings. The van der Waals surface area contributed by atoms with Gasteiger partial charge in [0.15, 0.2) is 5.82 Å². The molecule has 4 rings (SSSR count). The van der Waals surface area contributed by atoms with Gasteiger partial charge in [0.05, 0.1) is 30.7 Å². The minimum atomic E-state index is -1.38. The van der Waals surface area contributed by atoms with Crippen LogP contribution in [0, 0.1) is 5.82 Å². The van der Waals surface area contributed by atoms with Gasteiger partial charge in [0.2, 0.25) is 0 Å². The van der Waals surface area contributed by atoms with Crippen molar-refractivity contribution in [3.63, 3.8) is 0 Å². The van der Waals surface area contributed by atoms with Gasteiger partial charge in [-0.05, 0) is 61.4 Å². The number of rotatable bonds is 10. The van der Waals surface area contributed by atoms with E-state index in [4.69, 9.17) is 14.7 Å². The fourth-order valence-electron chi connectivity index (χ4n) is 3.86. The maximum absolute atomic E-state index is 13.6. The molecule has 1 saturated carbocycles. The molecule has 2 unspecified atom stereocenters. The van der Waals surface area contributed by atoms with Gasteiger partial charge < -0.3 is 24.9 Å². The van der Waals surface area contributed by atoms with Crippen LogP contribution in [-0.2, 0) is 4.79 Å². The van der Waals surface area contributed by atoms with E-state index >= 15 is 0 Å². The first-order valence-corrected chi connectivity index (χ1v) is 11.4. The minimum absolute atomic E-state index is 0. The number of carbonyl (C=O) groups excluding carboxylic acids is 1. The topological polar surface area (TPSA) is 116 Å². The molecule has 0 bridgehead atoms. The Morgan fingerprint density at radius 3 is 2.33 bits per heavy atom. The van der Waals surface area contributed by atoms with Crippen molar-refractivity contribution >= 4 is 12.0 Å². The molecule has 182 valence electrons. The Morgan fingerprint density at radius 1 is 1.11 bits per heavy atom. The molecule has 0 amide bonds. The summed E-state index contributed by atoms with van der Waals surface area (Å²) in [5.41, 5.74) is 3.61. The average Bonchev–Trinajstić information content (AvgIpc) is 3.68. The van der Waals surface area contributed by atoms with Crippen molar-refractivity contribution in [1.82, 2.24) is 9.97 Å². The number of halogens is 1. The van der Waals surface area contributed by atoms with Gasteiger partial charge in [0.25, 0.3) is 0 Å². The molecule has 0 aliphatic heterocycles. The molecule has 1 aliphatic carbocycles. The molecule has 2 N–H and O–H groups in total. The van der Waals surface area contributed by atoms with Gasteiger partial charge in [-0.25, -0.2) is 14.4 Å². The first kappa shape index (κ1) is 28.0. The second-order valence-electron chi connectivity index (χ2n) is 8.60. The van der Waals surface area contributed by atoms with Gasteiger partial charge in [-0.3, -0.25) is 0 Å². The van der Waals surface area contributed by atoms with Crippen LogP contribution < -0.4 is 39.4 Å².